The molecule has 48 valence electrons. The fraction of sp³-hybridized carbons (Fsp3) is 0. The number of hydrogen-bond acceptors (Lipinski definition) is 4. The van der Waals surface area contributed by atoms with Gasteiger partial charge < -0.3 is 0 Å². The van der Waals surface area contributed by atoms with Gasteiger partial charge in [-0.15, -0.1) is 0 Å². The molecule has 0 aromatic rings. The monoisotopic (exact) mass is 437 g/mol. The van der Waals surface area contributed by atoms with Crippen LogP contribution in [0.4, 0.5) is 0 Å². The smallest absolute Gasteiger partial charge is 2.00 e. The van der Waals surface area contributed by atoms with Gasteiger partial charge in [0.15, 0.2) is 0 Å². The predicted octanol–water partition coefficient (Wildman–Crippen LogP) is -0.316. The Labute approximate surface area is 102 Å². The molecule has 0 aliphatic heterocycles. The van der Waals surface area contributed by atoms with Crippen LogP contribution >= 0.6 is 0 Å². The zero-order chi connectivity index (χ0) is 7.33. The third-order valence-electron chi connectivity index (χ3n) is 0.424. The van der Waals surface area contributed by atoms with Gasteiger partial charge in [0.1, 0.15) is 0 Å². The Morgan fingerprint density at radius 3 is 0.900 bits per heavy atom. The van der Waals surface area contributed by atoms with Crippen molar-refractivity contribution in [3.05, 3.63) is 0 Å². The van der Waals surface area contributed by atoms with Crippen LogP contribution < -0.4 is 0 Å². The minimum atomic E-state index is -3.88. The molecule has 0 unspecified atom stereocenters. The van der Waals surface area contributed by atoms with Gasteiger partial charge in [-0.1, -0.05) is 0 Å². The summed E-state index contributed by atoms with van der Waals surface area (Å²) < 4.78 is 5.85. The molecule has 0 rings (SSSR count). The molecule has 0 aromatic carbocycles. The van der Waals surface area contributed by atoms with Crippen molar-refractivity contribution >= 4 is 48.9 Å². The van der Waals surface area contributed by atoms with E-state index in [4.69, 9.17) is 21.0 Å². The molecule has 0 N–H and O–H groups in total. The minimum absolute atomic E-state index is 0. The summed E-state index contributed by atoms with van der Waals surface area (Å²) in [5, 5.41) is 32.6. The Balaban J connectivity index is 0. The first kappa shape index (κ1) is 12.9. The Bertz CT molecular complexity index is 210. The van der Waals surface area contributed by atoms with E-state index in [-0.39, 0.29) is 48.9 Å². The van der Waals surface area contributed by atoms with Crippen LogP contribution in [0.15, 0.2) is 0 Å². The van der Waals surface area contributed by atoms with Crippen LogP contribution in [-0.2, 0) is 16.1 Å². The van der Waals surface area contributed by atoms with Crippen LogP contribution in [0.3, 0.4) is 0 Å². The quantitative estimate of drug-likeness (QED) is 0.487. The molecule has 0 saturated heterocycles. The zero-order valence-corrected chi connectivity index (χ0v) is 11.5. The van der Waals surface area contributed by atoms with Gasteiger partial charge in [0.2, 0.25) is 0 Å². The summed E-state index contributed by atoms with van der Waals surface area (Å²) in [7, 11) is 0. The van der Waals surface area contributed by atoms with Crippen molar-refractivity contribution in [2.45, 2.75) is 0 Å². The van der Waals surface area contributed by atoms with E-state index in [9.17, 15) is 0 Å². The summed E-state index contributed by atoms with van der Waals surface area (Å²) in [5.41, 5.74) is 0. The molecule has 0 heterocycles. The third kappa shape index (κ3) is 2.87. The first-order valence-electron chi connectivity index (χ1n) is 1.53. The fourth-order valence-electron chi connectivity index (χ4n) is 0.0949. The van der Waals surface area contributed by atoms with Crippen molar-refractivity contribution in [3.8, 4) is 17.8 Å². The van der Waals surface area contributed by atoms with Gasteiger partial charge in [-0.05, 0) is 0 Å². The summed E-state index contributed by atoms with van der Waals surface area (Å²) in [6, 6.07) is 0. The van der Waals surface area contributed by atoms with Crippen LogP contribution in [0.2, 0.25) is 0 Å². The van der Waals surface area contributed by atoms with Gasteiger partial charge in [0, 0.05) is 0 Å². The molecule has 0 fully saturated rings. The standard InChI is InChI=1S/4CN.Ba.Pt/c4*1-2;;/q;;;;+2;-2. The molecule has 0 radical (unpaired) electrons. The second-order valence-corrected chi connectivity index (χ2v) is 6.20. The maximum Gasteiger partial charge on any atom is 2.00 e. The molecule has 4 nitrogen and oxygen atoms in total. The molecule has 0 aliphatic rings. The number of hydrogen-bond donors (Lipinski definition) is 0. The minimum Gasteiger partial charge on any atom is 2.00 e. The van der Waals surface area contributed by atoms with E-state index >= 15 is 0 Å². The summed E-state index contributed by atoms with van der Waals surface area (Å²) in [5.74, 6) is 0. The maximum absolute atomic E-state index is 8.14. The van der Waals surface area contributed by atoms with Crippen molar-refractivity contribution in [2.24, 2.45) is 0 Å². The molecule has 0 aromatic heterocycles. The Hall–Kier alpha value is 0.220. The van der Waals surface area contributed by atoms with Crippen molar-refractivity contribution in [2.75, 3.05) is 0 Å². The predicted molar refractivity (Wildman–Crippen MR) is 28.2 cm³/mol. The van der Waals surface area contributed by atoms with E-state index in [2.05, 4.69) is 0 Å². The molecular weight excluding hydrogens is 436 g/mol. The van der Waals surface area contributed by atoms with E-state index in [1.807, 2.05) is 0 Å². The van der Waals surface area contributed by atoms with Gasteiger partial charge in [-0.2, -0.15) is 0 Å². The van der Waals surface area contributed by atoms with Gasteiger partial charge in [0.25, 0.3) is 0 Å². The van der Waals surface area contributed by atoms with Crippen LogP contribution in [0.5, 0.6) is 0 Å². The summed E-state index contributed by atoms with van der Waals surface area (Å²) >= 11 is -3.88. The average molecular weight is 436 g/mol. The van der Waals surface area contributed by atoms with Crippen molar-refractivity contribution in [3.63, 3.8) is 0 Å². The molecule has 10 heavy (non-hydrogen) atoms. The first-order chi connectivity index (χ1) is 4.24. The summed E-state index contributed by atoms with van der Waals surface area (Å²) in [6.45, 7) is 0. The topological polar surface area (TPSA) is 95.2 Å². The van der Waals surface area contributed by atoms with Crippen LogP contribution in [-0.4, -0.2) is 48.9 Å². The molecule has 0 spiro atoms. The molecule has 6 heteroatoms. The Morgan fingerprint density at radius 2 is 0.900 bits per heavy atom. The Kier molecular flexibility index (Phi) is 7.67. The number of nitriles is 4. The zero-order valence-electron chi connectivity index (χ0n) is 4.81. The summed E-state index contributed by atoms with van der Waals surface area (Å²) in [6.07, 6.45) is 0. The molecule has 0 bridgehead atoms. The van der Waals surface area contributed by atoms with Crippen LogP contribution in [0, 0.1) is 38.9 Å². The average Bonchev–Trinajstić information content (AvgIpc) is 1.95. The van der Waals surface area contributed by atoms with Crippen molar-refractivity contribution < 1.29 is 16.1 Å². The molecular formula is C4BaN4Pt. The molecule has 0 saturated carbocycles. The van der Waals surface area contributed by atoms with Crippen LogP contribution in [0.25, 0.3) is 0 Å². The van der Waals surface area contributed by atoms with Crippen molar-refractivity contribution in [1.82, 2.24) is 0 Å². The fourth-order valence-corrected chi connectivity index (χ4v) is 0.777. The maximum atomic E-state index is 8.14. The molecule has 0 amide bonds. The van der Waals surface area contributed by atoms with E-state index in [1.54, 1.807) is 0 Å². The second kappa shape index (κ2) is 5.96. The van der Waals surface area contributed by atoms with Gasteiger partial charge >= 0.3 is 104 Å². The van der Waals surface area contributed by atoms with E-state index in [1.165, 1.54) is 17.8 Å². The Morgan fingerprint density at radius 1 is 0.700 bits per heavy atom. The normalized spacial score (nSPS) is 8.40. The summed E-state index contributed by atoms with van der Waals surface area (Å²) in [4.78, 5) is 0. The third-order valence-corrected chi connectivity index (χ3v) is 3.47. The molecule has 0 aliphatic carbocycles. The van der Waals surface area contributed by atoms with E-state index < -0.39 is 16.1 Å². The van der Waals surface area contributed by atoms with E-state index in [0.29, 0.717) is 0 Å². The van der Waals surface area contributed by atoms with Crippen LogP contribution in [0.1, 0.15) is 0 Å². The van der Waals surface area contributed by atoms with E-state index in [0.717, 1.165) is 0 Å². The first-order valence-corrected chi connectivity index (χ1v) is 6.07. The SMILES string of the molecule is N#[C][Pt-2]([C]#N)([C]#N)[C]#N.[Ba+2]. The molecule has 0 atom stereocenters. The van der Waals surface area contributed by atoms with Gasteiger partial charge in [-0.25, -0.2) is 0 Å². The van der Waals surface area contributed by atoms with Gasteiger partial charge in [-0.3, -0.25) is 0 Å². The van der Waals surface area contributed by atoms with Crippen molar-refractivity contribution in [1.29, 1.82) is 21.0 Å². The van der Waals surface area contributed by atoms with Gasteiger partial charge in [0.05, 0.1) is 0 Å². The number of nitrogens with zero attached hydrogens (tertiary/aromatic N) is 4. The largest absolute Gasteiger partial charge is 2.00 e. The second-order valence-electron chi connectivity index (χ2n) is 0.757. The number of rotatable bonds is 0.